The predicted molar refractivity (Wildman–Crippen MR) is 164 cm³/mol. The van der Waals surface area contributed by atoms with E-state index in [9.17, 15) is 22.0 Å². The van der Waals surface area contributed by atoms with Gasteiger partial charge in [0.1, 0.15) is 11.6 Å². The number of nitriles is 1. The number of hydrogen-bond acceptors (Lipinski definition) is 4. The maximum atomic E-state index is 14.3. The molecule has 3 N–H and O–H groups in total. The van der Waals surface area contributed by atoms with Crippen molar-refractivity contribution in [3.8, 4) is 6.07 Å². The van der Waals surface area contributed by atoms with Gasteiger partial charge < -0.3 is 16.0 Å². The molecule has 1 aliphatic rings. The summed E-state index contributed by atoms with van der Waals surface area (Å²) in [6.07, 6.45) is 0.418. The van der Waals surface area contributed by atoms with Crippen molar-refractivity contribution in [3.05, 3.63) is 132 Å². The largest absolute Gasteiger partial charge is 0.415 e. The Balaban J connectivity index is 0.000000293. The number of hydrogen-bond donors (Lipinski definition) is 3. The molecule has 9 heteroatoms. The van der Waals surface area contributed by atoms with Gasteiger partial charge >= 0.3 is 6.18 Å². The van der Waals surface area contributed by atoms with Crippen LogP contribution in [0.15, 0.2) is 103 Å². The molecule has 1 fully saturated rings. The zero-order chi connectivity index (χ0) is 32.0. The maximum Gasteiger partial charge on any atom is 0.415 e. The van der Waals surface area contributed by atoms with Crippen molar-refractivity contribution in [3.63, 3.8) is 0 Å². The molecule has 1 aliphatic carbocycles. The number of halogens is 5. The fourth-order valence-electron chi connectivity index (χ4n) is 3.98. The van der Waals surface area contributed by atoms with Crippen LogP contribution in [0.4, 0.5) is 33.3 Å². The lowest BCUT2D eigenvalue weighted by atomic mass is 9.97. The van der Waals surface area contributed by atoms with Gasteiger partial charge in [0.05, 0.1) is 23.2 Å². The van der Waals surface area contributed by atoms with Crippen LogP contribution in [0.1, 0.15) is 56.3 Å². The summed E-state index contributed by atoms with van der Waals surface area (Å²) in [7, 11) is 0. The average molecular weight is 597 g/mol. The molecule has 0 saturated heterocycles. The van der Waals surface area contributed by atoms with E-state index in [4.69, 9.17) is 5.26 Å². The molecule has 1 atom stereocenters. The predicted octanol–water partition coefficient (Wildman–Crippen LogP) is 9.63. The van der Waals surface area contributed by atoms with E-state index in [2.05, 4.69) is 29.1 Å². The Morgan fingerprint density at radius 1 is 1.00 bits per heavy atom. The lowest BCUT2D eigenvalue weighted by molar-refractivity contribution is -0.0878. The topological polar surface area (TPSA) is 59.9 Å². The number of alkyl halides is 3. The van der Waals surface area contributed by atoms with Gasteiger partial charge in [-0.05, 0) is 92.5 Å². The highest BCUT2D eigenvalue weighted by Crippen LogP contribution is 2.32. The second kappa shape index (κ2) is 16.9. The van der Waals surface area contributed by atoms with Crippen LogP contribution < -0.4 is 16.0 Å². The highest BCUT2D eigenvalue weighted by atomic mass is 19.4. The molecule has 4 rings (SSSR count). The summed E-state index contributed by atoms with van der Waals surface area (Å²) < 4.78 is 65.3. The smallest absolute Gasteiger partial charge is 0.362 e. The molecular weight excluding hydrogens is 559 g/mol. The molecule has 0 bridgehead atoms. The van der Waals surface area contributed by atoms with Crippen LogP contribution >= 0.6 is 0 Å². The summed E-state index contributed by atoms with van der Waals surface area (Å²) in [5.41, 5.74) is 2.09. The molecule has 43 heavy (non-hydrogen) atoms. The highest BCUT2D eigenvalue weighted by Gasteiger charge is 2.30. The van der Waals surface area contributed by atoms with Crippen molar-refractivity contribution in [2.24, 2.45) is 5.92 Å². The van der Waals surface area contributed by atoms with Gasteiger partial charge in [-0.1, -0.05) is 51.3 Å². The Morgan fingerprint density at radius 2 is 1.60 bits per heavy atom. The van der Waals surface area contributed by atoms with Gasteiger partial charge in [-0.25, -0.2) is 8.78 Å². The van der Waals surface area contributed by atoms with Crippen LogP contribution in [0.2, 0.25) is 0 Å². The minimum Gasteiger partial charge on any atom is -0.362 e. The summed E-state index contributed by atoms with van der Waals surface area (Å²) in [6, 6.07) is 19.4. The van der Waals surface area contributed by atoms with Gasteiger partial charge in [0, 0.05) is 22.6 Å². The normalized spacial score (nSPS) is 13.2. The van der Waals surface area contributed by atoms with Crippen molar-refractivity contribution in [1.82, 2.24) is 5.32 Å². The number of anilines is 2. The van der Waals surface area contributed by atoms with Crippen molar-refractivity contribution < 1.29 is 22.0 Å². The Bertz CT molecular complexity index is 1410. The SMILES string of the molecule is C=C(/C=C(/C)Nc1cccc(C#N)c1)C(F)(F)F.C=CNc1cccc(C(NCC2CC2)c2c(F)cccc2F)c1.CC. The number of rotatable bonds is 10. The molecule has 3 aromatic carbocycles. The van der Waals surface area contributed by atoms with Crippen LogP contribution in [0, 0.1) is 28.9 Å². The molecule has 0 radical (unpaired) electrons. The zero-order valence-corrected chi connectivity index (χ0v) is 24.5. The fourth-order valence-corrected chi connectivity index (χ4v) is 3.98. The number of allylic oxidation sites excluding steroid dienone is 3. The lowest BCUT2D eigenvalue weighted by Crippen LogP contribution is -2.26. The molecule has 1 saturated carbocycles. The second-order valence-corrected chi connectivity index (χ2v) is 9.56. The van der Waals surface area contributed by atoms with E-state index < -0.39 is 29.4 Å². The van der Waals surface area contributed by atoms with E-state index in [1.165, 1.54) is 38.0 Å². The fraction of sp³-hybridized carbons (Fsp3) is 0.265. The molecule has 228 valence electrons. The first-order chi connectivity index (χ1) is 20.5. The molecule has 1 unspecified atom stereocenters. The van der Waals surface area contributed by atoms with E-state index in [1.54, 1.807) is 30.5 Å². The van der Waals surface area contributed by atoms with Gasteiger partial charge in [0.15, 0.2) is 0 Å². The highest BCUT2D eigenvalue weighted by molar-refractivity contribution is 5.53. The van der Waals surface area contributed by atoms with Crippen LogP contribution in [-0.2, 0) is 0 Å². The third kappa shape index (κ3) is 11.4. The monoisotopic (exact) mass is 596 g/mol. The summed E-state index contributed by atoms with van der Waals surface area (Å²) in [5, 5.41) is 17.8. The molecule has 0 aromatic heterocycles. The third-order valence-electron chi connectivity index (χ3n) is 6.17. The molecule has 0 spiro atoms. The van der Waals surface area contributed by atoms with Gasteiger partial charge in [-0.3, -0.25) is 0 Å². The summed E-state index contributed by atoms with van der Waals surface area (Å²) in [6.45, 7) is 12.8. The molecule has 0 amide bonds. The van der Waals surface area contributed by atoms with E-state index in [0.717, 1.165) is 23.9 Å². The average Bonchev–Trinajstić information content (AvgIpc) is 3.80. The summed E-state index contributed by atoms with van der Waals surface area (Å²) in [4.78, 5) is 0. The Labute approximate surface area is 250 Å². The molecular formula is C34H37F5N4. The Hall–Kier alpha value is -4.42. The van der Waals surface area contributed by atoms with Crippen LogP contribution in [0.25, 0.3) is 0 Å². The second-order valence-electron chi connectivity index (χ2n) is 9.56. The Kier molecular flexibility index (Phi) is 13.7. The first-order valence-electron chi connectivity index (χ1n) is 13.9. The van der Waals surface area contributed by atoms with Gasteiger partial charge in [-0.2, -0.15) is 18.4 Å². The quantitative estimate of drug-likeness (QED) is 0.161. The van der Waals surface area contributed by atoms with Crippen molar-refractivity contribution >= 4 is 11.4 Å². The van der Waals surface area contributed by atoms with Gasteiger partial charge in [-0.15, -0.1) is 0 Å². The van der Waals surface area contributed by atoms with Crippen LogP contribution in [-0.4, -0.2) is 12.7 Å². The number of benzene rings is 3. The number of nitrogens with one attached hydrogen (secondary N) is 3. The van der Waals surface area contributed by atoms with Gasteiger partial charge in [0.25, 0.3) is 0 Å². The van der Waals surface area contributed by atoms with Crippen LogP contribution in [0.3, 0.4) is 0 Å². The van der Waals surface area contributed by atoms with Crippen LogP contribution in [0.5, 0.6) is 0 Å². The minimum atomic E-state index is -4.43. The van der Waals surface area contributed by atoms with Crippen molar-refractivity contribution in [2.45, 2.75) is 45.8 Å². The zero-order valence-electron chi connectivity index (χ0n) is 24.5. The first-order valence-corrected chi connectivity index (χ1v) is 13.9. The maximum absolute atomic E-state index is 14.3. The van der Waals surface area contributed by atoms with Crippen molar-refractivity contribution in [2.75, 3.05) is 17.2 Å². The third-order valence-corrected chi connectivity index (χ3v) is 6.17. The first kappa shape index (κ1) is 34.8. The van der Waals surface area contributed by atoms with E-state index in [0.29, 0.717) is 22.9 Å². The molecule has 0 heterocycles. The molecule has 0 aliphatic heterocycles. The number of nitrogens with zero attached hydrogens (tertiary/aromatic N) is 1. The lowest BCUT2D eigenvalue weighted by Gasteiger charge is -2.21. The van der Waals surface area contributed by atoms with Crippen molar-refractivity contribution in [1.29, 1.82) is 5.26 Å². The van der Waals surface area contributed by atoms with E-state index >= 15 is 0 Å². The van der Waals surface area contributed by atoms with Gasteiger partial charge in [0.2, 0.25) is 0 Å². The summed E-state index contributed by atoms with van der Waals surface area (Å²) >= 11 is 0. The van der Waals surface area contributed by atoms with E-state index in [-0.39, 0.29) is 5.56 Å². The van der Waals surface area contributed by atoms with E-state index in [1.807, 2.05) is 44.2 Å². The molecule has 3 aromatic rings. The minimum absolute atomic E-state index is 0.0731. The Morgan fingerprint density at radius 3 is 2.19 bits per heavy atom. The standard InChI is InChI=1S/C19H20F2N2.C13H11F3N2.C2H6/c1-2-22-15-6-3-5-14(11-15)19(23-12-13-9-10-13)18-16(20)7-4-8-17(18)21;1-9(13(14,15)16)6-10(2)18-12-5-3-4-11(7-12)8-17;1-2/h2-8,11,13,19,22-23H,1,9-10,12H2;3-7,18H,1H2,2H3;1-2H3/b;10-6-;. The molecule has 4 nitrogen and oxygen atoms in total. The summed E-state index contributed by atoms with van der Waals surface area (Å²) in [5.74, 6) is -0.442.